The first-order chi connectivity index (χ1) is 12.8. The van der Waals surface area contributed by atoms with E-state index in [9.17, 15) is 4.79 Å². The Morgan fingerprint density at radius 3 is 2.30 bits per heavy atom. The van der Waals surface area contributed by atoms with Crippen molar-refractivity contribution in [2.24, 2.45) is 0 Å². The van der Waals surface area contributed by atoms with Gasteiger partial charge in [-0.2, -0.15) is 0 Å². The fourth-order valence-corrected chi connectivity index (χ4v) is 4.48. The molecule has 2 aromatic rings. The van der Waals surface area contributed by atoms with E-state index in [-0.39, 0.29) is 12.0 Å². The van der Waals surface area contributed by atoms with Crippen LogP contribution < -0.4 is 10.6 Å². The van der Waals surface area contributed by atoms with E-state index in [1.54, 1.807) is 0 Å². The van der Waals surface area contributed by atoms with Crippen molar-refractivity contribution in [1.82, 2.24) is 5.32 Å². The summed E-state index contributed by atoms with van der Waals surface area (Å²) >= 11 is 7.01. The van der Waals surface area contributed by atoms with Gasteiger partial charge < -0.3 is 15.4 Å². The maximum atomic E-state index is 12.2. The maximum Gasteiger partial charge on any atom is 0.341 e. The molecule has 0 saturated carbocycles. The van der Waals surface area contributed by atoms with Crippen molar-refractivity contribution in [2.75, 3.05) is 12.4 Å². The summed E-state index contributed by atoms with van der Waals surface area (Å²) in [5, 5.41) is 7.71. The predicted octanol–water partition coefficient (Wildman–Crippen LogP) is 5.58. The van der Waals surface area contributed by atoms with Gasteiger partial charge in [-0.3, -0.25) is 0 Å². The van der Waals surface area contributed by atoms with Crippen molar-refractivity contribution in [3.63, 3.8) is 0 Å². The van der Waals surface area contributed by atoms with E-state index >= 15 is 0 Å². The van der Waals surface area contributed by atoms with Crippen LogP contribution >= 0.6 is 23.6 Å². The molecule has 0 radical (unpaired) electrons. The van der Waals surface area contributed by atoms with Crippen molar-refractivity contribution in [2.45, 2.75) is 53.0 Å². The highest BCUT2D eigenvalue weighted by atomic mass is 32.1. The van der Waals surface area contributed by atoms with Gasteiger partial charge in [0.1, 0.15) is 5.00 Å². The Balaban J connectivity index is 2.12. The van der Waals surface area contributed by atoms with Crippen LogP contribution in [0.2, 0.25) is 0 Å². The third-order valence-electron chi connectivity index (χ3n) is 4.63. The van der Waals surface area contributed by atoms with Gasteiger partial charge in [0.15, 0.2) is 5.11 Å². The third-order valence-corrected chi connectivity index (χ3v) is 5.91. The number of ether oxygens (including phenoxy) is 1. The zero-order valence-electron chi connectivity index (χ0n) is 16.8. The number of nitrogens with one attached hydrogen (secondary N) is 2. The normalized spacial score (nSPS) is 12.0. The second-order valence-corrected chi connectivity index (χ2v) is 8.46. The van der Waals surface area contributed by atoms with Crippen molar-refractivity contribution in [3.8, 4) is 0 Å². The standard InChI is InChI=1S/C21H28N2O2S2/c1-7-17-14(5)27-19(18(17)20(24)25-6)23-21(26)22-13(4)16-10-8-15(9-11-16)12(2)3/h8-13H,7H2,1-6H3,(H2,22,23,26). The molecule has 0 aliphatic carbocycles. The summed E-state index contributed by atoms with van der Waals surface area (Å²) in [6.07, 6.45) is 0.771. The van der Waals surface area contributed by atoms with E-state index in [0.29, 0.717) is 16.6 Å². The molecule has 27 heavy (non-hydrogen) atoms. The zero-order chi connectivity index (χ0) is 20.1. The Morgan fingerprint density at radius 2 is 1.78 bits per heavy atom. The van der Waals surface area contributed by atoms with Gasteiger partial charge in [0.25, 0.3) is 0 Å². The second-order valence-electron chi connectivity index (χ2n) is 6.83. The lowest BCUT2D eigenvalue weighted by molar-refractivity contribution is 0.0601. The fraction of sp³-hybridized carbons (Fsp3) is 0.429. The van der Waals surface area contributed by atoms with Crippen molar-refractivity contribution in [3.05, 3.63) is 51.4 Å². The van der Waals surface area contributed by atoms with Gasteiger partial charge in [-0.05, 0) is 55.1 Å². The number of carbonyl (C=O) groups is 1. The Hall–Kier alpha value is -1.92. The van der Waals surface area contributed by atoms with E-state index in [2.05, 4.69) is 55.7 Å². The largest absolute Gasteiger partial charge is 0.465 e. The molecule has 0 amide bonds. The fourth-order valence-electron chi connectivity index (χ4n) is 3.00. The molecule has 4 nitrogen and oxygen atoms in total. The van der Waals surface area contributed by atoms with Crippen LogP contribution in [-0.2, 0) is 11.2 Å². The molecule has 0 aliphatic heterocycles. The maximum absolute atomic E-state index is 12.2. The van der Waals surface area contributed by atoms with Crippen LogP contribution in [0.25, 0.3) is 0 Å². The number of rotatable bonds is 6. The molecule has 2 rings (SSSR count). The van der Waals surface area contributed by atoms with Crippen molar-refractivity contribution in [1.29, 1.82) is 0 Å². The van der Waals surface area contributed by atoms with Crippen LogP contribution in [0, 0.1) is 6.92 Å². The van der Waals surface area contributed by atoms with E-state index in [4.69, 9.17) is 17.0 Å². The SMILES string of the molecule is CCc1c(C)sc(NC(=S)NC(C)c2ccc(C(C)C)cc2)c1C(=O)OC. The highest BCUT2D eigenvalue weighted by Crippen LogP contribution is 2.34. The number of anilines is 1. The molecule has 0 aliphatic rings. The van der Waals surface area contributed by atoms with E-state index < -0.39 is 0 Å². The van der Waals surface area contributed by atoms with Gasteiger partial charge in [0.05, 0.1) is 18.7 Å². The number of methoxy groups -OCH3 is 1. The molecule has 1 aromatic heterocycles. The Kier molecular flexibility index (Phi) is 7.39. The molecule has 1 aromatic carbocycles. The van der Waals surface area contributed by atoms with Crippen molar-refractivity contribution < 1.29 is 9.53 Å². The van der Waals surface area contributed by atoms with Gasteiger partial charge in [-0.1, -0.05) is 45.0 Å². The second kappa shape index (κ2) is 9.33. The molecule has 146 valence electrons. The zero-order valence-corrected chi connectivity index (χ0v) is 18.4. The van der Waals surface area contributed by atoms with E-state index in [0.717, 1.165) is 27.4 Å². The molecule has 0 spiro atoms. The van der Waals surface area contributed by atoms with E-state index in [1.807, 2.05) is 13.8 Å². The summed E-state index contributed by atoms with van der Waals surface area (Å²) in [6.45, 7) is 10.5. The molecule has 1 atom stereocenters. The van der Waals surface area contributed by atoms with Gasteiger partial charge in [0, 0.05) is 4.88 Å². The van der Waals surface area contributed by atoms with Crippen LogP contribution in [0.1, 0.15) is 71.6 Å². The number of benzene rings is 1. The minimum absolute atomic E-state index is 0.0551. The summed E-state index contributed by atoms with van der Waals surface area (Å²) in [6, 6.07) is 8.61. The monoisotopic (exact) mass is 404 g/mol. The summed E-state index contributed by atoms with van der Waals surface area (Å²) < 4.78 is 4.96. The van der Waals surface area contributed by atoms with Crippen LogP contribution in [0.15, 0.2) is 24.3 Å². The molecule has 2 N–H and O–H groups in total. The molecular weight excluding hydrogens is 376 g/mol. The topological polar surface area (TPSA) is 50.4 Å². The number of thiophene rings is 1. The summed E-state index contributed by atoms with van der Waals surface area (Å²) in [5.74, 6) is 0.176. The first-order valence-corrected chi connectivity index (χ1v) is 10.4. The quantitative estimate of drug-likeness (QED) is 0.486. The van der Waals surface area contributed by atoms with Gasteiger partial charge in [0.2, 0.25) is 0 Å². The molecule has 6 heteroatoms. The number of aryl methyl sites for hydroxylation is 1. The molecule has 0 saturated heterocycles. The van der Waals surface area contributed by atoms with Crippen LogP contribution in [0.3, 0.4) is 0 Å². The van der Waals surface area contributed by atoms with Crippen LogP contribution in [-0.4, -0.2) is 18.2 Å². The lowest BCUT2D eigenvalue weighted by Crippen LogP contribution is -2.31. The first-order valence-electron chi connectivity index (χ1n) is 9.16. The molecule has 0 fully saturated rings. The third kappa shape index (κ3) is 5.08. The number of hydrogen-bond donors (Lipinski definition) is 2. The predicted molar refractivity (Wildman–Crippen MR) is 118 cm³/mol. The first kappa shape index (κ1) is 21.4. The minimum Gasteiger partial charge on any atom is -0.465 e. The highest BCUT2D eigenvalue weighted by Gasteiger charge is 2.22. The number of esters is 1. The van der Waals surface area contributed by atoms with Gasteiger partial charge in [-0.25, -0.2) is 4.79 Å². The van der Waals surface area contributed by atoms with Gasteiger partial charge in [-0.15, -0.1) is 11.3 Å². The molecular formula is C21H28N2O2S2. The van der Waals surface area contributed by atoms with Crippen LogP contribution in [0.5, 0.6) is 0 Å². The Morgan fingerprint density at radius 1 is 1.19 bits per heavy atom. The lowest BCUT2D eigenvalue weighted by Gasteiger charge is -2.18. The van der Waals surface area contributed by atoms with E-state index in [1.165, 1.54) is 24.0 Å². The number of carbonyl (C=O) groups excluding carboxylic acids is 1. The lowest BCUT2D eigenvalue weighted by atomic mass is 10.00. The summed E-state index contributed by atoms with van der Waals surface area (Å²) in [4.78, 5) is 13.3. The average Bonchev–Trinajstić information content (AvgIpc) is 2.95. The molecule has 1 heterocycles. The number of hydrogen-bond acceptors (Lipinski definition) is 4. The van der Waals surface area contributed by atoms with Crippen LogP contribution in [0.4, 0.5) is 5.00 Å². The summed E-state index contributed by atoms with van der Waals surface area (Å²) in [5.41, 5.74) is 4.07. The smallest absolute Gasteiger partial charge is 0.341 e. The summed E-state index contributed by atoms with van der Waals surface area (Å²) in [7, 11) is 1.40. The molecule has 0 bridgehead atoms. The Bertz CT molecular complexity index is 810. The number of thiocarbonyl (C=S) groups is 1. The van der Waals surface area contributed by atoms with Crippen molar-refractivity contribution >= 4 is 39.6 Å². The minimum atomic E-state index is -0.334. The highest BCUT2D eigenvalue weighted by molar-refractivity contribution is 7.80. The van der Waals surface area contributed by atoms with Gasteiger partial charge >= 0.3 is 5.97 Å². The average molecular weight is 405 g/mol. The molecule has 1 unspecified atom stereocenters. The Labute approximate surface area is 171 Å².